The van der Waals surface area contributed by atoms with Crippen LogP contribution in [0.2, 0.25) is 0 Å². The van der Waals surface area contributed by atoms with Gasteiger partial charge in [0.15, 0.2) is 0 Å². The van der Waals surface area contributed by atoms with E-state index in [4.69, 9.17) is 5.11 Å². The van der Waals surface area contributed by atoms with Crippen molar-refractivity contribution >= 4 is 5.97 Å². The molecule has 104 valence electrons. The average Bonchev–Trinajstić information content (AvgIpc) is 3.14. The minimum atomic E-state index is -0.775. The first kappa shape index (κ1) is 13.8. The van der Waals surface area contributed by atoms with Crippen molar-refractivity contribution in [2.75, 3.05) is 6.54 Å². The second-order valence-corrected chi connectivity index (χ2v) is 6.11. The summed E-state index contributed by atoms with van der Waals surface area (Å²) < 4.78 is 0. The molecule has 0 spiro atoms. The normalized spacial score (nSPS) is 34.2. The number of aliphatic hydroxyl groups is 1. The van der Waals surface area contributed by atoms with Gasteiger partial charge in [-0.05, 0) is 50.4 Å². The van der Waals surface area contributed by atoms with Gasteiger partial charge in [0.1, 0.15) is 6.04 Å². The molecular weight excluding hydrogens is 230 g/mol. The lowest BCUT2D eigenvalue weighted by molar-refractivity contribution is -0.140. The van der Waals surface area contributed by atoms with Crippen molar-refractivity contribution < 1.29 is 15.0 Å². The van der Waals surface area contributed by atoms with Crippen LogP contribution in [0, 0.1) is 11.8 Å². The molecule has 0 heterocycles. The zero-order valence-electron chi connectivity index (χ0n) is 11.2. The molecule has 0 radical (unpaired) electrons. The van der Waals surface area contributed by atoms with E-state index in [1.165, 1.54) is 6.42 Å². The molecule has 0 aromatic heterocycles. The maximum absolute atomic E-state index is 11.1. The van der Waals surface area contributed by atoms with Crippen LogP contribution in [0.3, 0.4) is 0 Å². The predicted molar refractivity (Wildman–Crippen MR) is 69.3 cm³/mol. The van der Waals surface area contributed by atoms with Gasteiger partial charge in [0.25, 0.3) is 0 Å². The van der Waals surface area contributed by atoms with Crippen LogP contribution in [0.4, 0.5) is 0 Å². The molecule has 4 heteroatoms. The number of hydrogen-bond acceptors (Lipinski definition) is 3. The van der Waals surface area contributed by atoms with Crippen LogP contribution in [0.5, 0.6) is 0 Å². The minimum absolute atomic E-state index is 0.276. The Hall–Kier alpha value is -0.610. The topological polar surface area (TPSA) is 69.6 Å². The zero-order valence-corrected chi connectivity index (χ0v) is 11.2. The van der Waals surface area contributed by atoms with Gasteiger partial charge in [-0.25, -0.2) is 0 Å². The van der Waals surface area contributed by atoms with Gasteiger partial charge in [-0.2, -0.15) is 0 Å². The molecule has 0 saturated heterocycles. The van der Waals surface area contributed by atoms with Crippen molar-refractivity contribution in [2.45, 2.75) is 63.5 Å². The number of rotatable bonds is 6. The molecule has 4 nitrogen and oxygen atoms in total. The number of carboxylic acid groups (broad SMARTS) is 1. The van der Waals surface area contributed by atoms with Crippen molar-refractivity contribution in [2.24, 2.45) is 11.8 Å². The largest absolute Gasteiger partial charge is 0.480 e. The monoisotopic (exact) mass is 255 g/mol. The second kappa shape index (κ2) is 5.57. The van der Waals surface area contributed by atoms with Gasteiger partial charge in [-0.3, -0.25) is 4.79 Å². The van der Waals surface area contributed by atoms with E-state index in [1.807, 2.05) is 0 Å². The fourth-order valence-corrected chi connectivity index (χ4v) is 2.99. The Morgan fingerprint density at radius 2 is 1.94 bits per heavy atom. The van der Waals surface area contributed by atoms with E-state index >= 15 is 0 Å². The molecule has 2 aliphatic carbocycles. The molecule has 0 aliphatic heterocycles. The highest BCUT2D eigenvalue weighted by Crippen LogP contribution is 2.35. The number of carboxylic acids is 1. The van der Waals surface area contributed by atoms with Crippen molar-refractivity contribution in [1.82, 2.24) is 5.32 Å². The van der Waals surface area contributed by atoms with Crippen LogP contribution in [0.15, 0.2) is 0 Å². The van der Waals surface area contributed by atoms with Crippen LogP contribution < -0.4 is 5.32 Å². The van der Waals surface area contributed by atoms with Gasteiger partial charge in [0.05, 0.1) is 5.60 Å². The Labute approximate surface area is 109 Å². The van der Waals surface area contributed by atoms with E-state index in [9.17, 15) is 9.90 Å². The summed E-state index contributed by atoms with van der Waals surface area (Å²) >= 11 is 0. The van der Waals surface area contributed by atoms with Gasteiger partial charge in [-0.15, -0.1) is 0 Å². The van der Waals surface area contributed by atoms with Crippen LogP contribution in [0.25, 0.3) is 0 Å². The average molecular weight is 255 g/mol. The molecule has 18 heavy (non-hydrogen) atoms. The number of aliphatic carboxylic acids is 1. The third-order valence-electron chi connectivity index (χ3n) is 4.62. The van der Waals surface area contributed by atoms with Gasteiger partial charge < -0.3 is 15.5 Å². The van der Waals surface area contributed by atoms with Crippen molar-refractivity contribution in [3.8, 4) is 0 Å². The summed E-state index contributed by atoms with van der Waals surface area (Å²) in [5.74, 6) is 0.241. The van der Waals surface area contributed by atoms with Gasteiger partial charge in [0.2, 0.25) is 0 Å². The highest BCUT2D eigenvalue weighted by Gasteiger charge is 2.39. The fourth-order valence-electron chi connectivity index (χ4n) is 2.99. The molecule has 2 rings (SSSR count). The summed E-state index contributed by atoms with van der Waals surface area (Å²) in [7, 11) is 0. The van der Waals surface area contributed by atoms with E-state index in [-0.39, 0.29) is 5.92 Å². The molecule has 0 aromatic rings. The number of hydrogen-bond donors (Lipinski definition) is 3. The Morgan fingerprint density at radius 1 is 1.33 bits per heavy atom. The minimum Gasteiger partial charge on any atom is -0.480 e. The van der Waals surface area contributed by atoms with Crippen LogP contribution >= 0.6 is 0 Å². The highest BCUT2D eigenvalue weighted by molar-refractivity contribution is 5.74. The molecule has 1 unspecified atom stereocenters. The summed E-state index contributed by atoms with van der Waals surface area (Å²) in [6.07, 6.45) is 6.92. The summed E-state index contributed by atoms with van der Waals surface area (Å²) in [5, 5.41) is 22.7. The standard InChI is InChI=1S/C14H25NO3/c1-2-10-5-7-14(18,8-6-10)9-15-12(13(16)17)11-3-4-11/h10-12,15,18H,2-9H2,1H3,(H,16,17). The van der Waals surface area contributed by atoms with E-state index in [0.717, 1.165) is 44.4 Å². The van der Waals surface area contributed by atoms with Crippen molar-refractivity contribution in [3.05, 3.63) is 0 Å². The molecule has 0 aromatic carbocycles. The molecular formula is C14H25NO3. The molecule has 2 aliphatic rings. The maximum Gasteiger partial charge on any atom is 0.320 e. The lowest BCUT2D eigenvalue weighted by Gasteiger charge is -2.36. The Balaban J connectivity index is 1.79. The van der Waals surface area contributed by atoms with E-state index in [0.29, 0.717) is 6.54 Å². The van der Waals surface area contributed by atoms with E-state index in [2.05, 4.69) is 12.2 Å². The first-order valence-electron chi connectivity index (χ1n) is 7.22. The third kappa shape index (κ3) is 3.45. The van der Waals surface area contributed by atoms with Crippen molar-refractivity contribution in [3.63, 3.8) is 0 Å². The van der Waals surface area contributed by atoms with Crippen molar-refractivity contribution in [1.29, 1.82) is 0 Å². The third-order valence-corrected chi connectivity index (χ3v) is 4.62. The SMILES string of the molecule is CCC1CCC(O)(CNC(C(=O)O)C2CC2)CC1. The van der Waals surface area contributed by atoms with Gasteiger partial charge >= 0.3 is 5.97 Å². The second-order valence-electron chi connectivity index (χ2n) is 6.11. The van der Waals surface area contributed by atoms with Crippen LogP contribution in [-0.2, 0) is 4.79 Å². The molecule has 0 amide bonds. The van der Waals surface area contributed by atoms with E-state index in [1.54, 1.807) is 0 Å². The molecule has 2 fully saturated rings. The highest BCUT2D eigenvalue weighted by atomic mass is 16.4. The maximum atomic E-state index is 11.1. The lowest BCUT2D eigenvalue weighted by Crippen LogP contribution is -2.49. The number of carbonyl (C=O) groups is 1. The smallest absolute Gasteiger partial charge is 0.320 e. The van der Waals surface area contributed by atoms with Crippen LogP contribution in [-0.4, -0.2) is 34.4 Å². The first-order chi connectivity index (χ1) is 8.54. The number of nitrogens with one attached hydrogen (secondary N) is 1. The molecule has 2 saturated carbocycles. The molecule has 3 N–H and O–H groups in total. The summed E-state index contributed by atoms with van der Waals surface area (Å²) in [4.78, 5) is 11.1. The lowest BCUT2D eigenvalue weighted by atomic mass is 9.77. The van der Waals surface area contributed by atoms with Gasteiger partial charge in [-0.1, -0.05) is 13.3 Å². The Kier molecular flexibility index (Phi) is 4.28. The molecule has 1 atom stereocenters. The zero-order chi connectivity index (χ0) is 13.2. The fraction of sp³-hybridized carbons (Fsp3) is 0.929. The van der Waals surface area contributed by atoms with Crippen LogP contribution in [0.1, 0.15) is 51.9 Å². The quantitative estimate of drug-likeness (QED) is 0.676. The predicted octanol–water partition coefficient (Wildman–Crippen LogP) is 1.77. The van der Waals surface area contributed by atoms with E-state index < -0.39 is 17.6 Å². The summed E-state index contributed by atoms with van der Waals surface area (Å²) in [6.45, 7) is 2.62. The molecule has 0 bridgehead atoms. The Bertz CT molecular complexity index is 293. The first-order valence-corrected chi connectivity index (χ1v) is 7.22. The summed E-state index contributed by atoms with van der Waals surface area (Å²) in [6, 6.07) is -0.460. The van der Waals surface area contributed by atoms with Gasteiger partial charge in [0, 0.05) is 6.54 Å². The Morgan fingerprint density at radius 3 is 2.39 bits per heavy atom. The summed E-state index contributed by atoms with van der Waals surface area (Å²) in [5.41, 5.74) is -0.686.